The number of carbonyl (C=O) groups is 2. The molecule has 2 aromatic carbocycles. The molecular weight excluding hydrogens is 414 g/mol. The maximum absolute atomic E-state index is 13.6. The lowest BCUT2D eigenvalue weighted by molar-refractivity contribution is -0.158. The summed E-state index contributed by atoms with van der Waals surface area (Å²) in [6.45, 7) is 1.45. The maximum Gasteiger partial charge on any atom is 0.246 e. The summed E-state index contributed by atoms with van der Waals surface area (Å²) in [5.41, 5.74) is 4.22. The number of hydrogen-bond donors (Lipinski definition) is 1. The van der Waals surface area contributed by atoms with E-state index in [9.17, 15) is 9.59 Å². The Kier molecular flexibility index (Phi) is 4.75. The minimum absolute atomic E-state index is 0.000361. The van der Waals surface area contributed by atoms with Crippen LogP contribution in [0.25, 0.3) is 10.9 Å². The Bertz CT molecular complexity index is 1310. The summed E-state index contributed by atoms with van der Waals surface area (Å²) >= 11 is 0. The molecule has 7 nitrogen and oxygen atoms in total. The van der Waals surface area contributed by atoms with Crippen LogP contribution in [0.3, 0.4) is 0 Å². The molecule has 1 N–H and O–H groups in total. The molecule has 1 unspecified atom stereocenters. The normalized spacial score (nSPS) is 20.2. The first-order valence-electron chi connectivity index (χ1n) is 11.4. The Hall–Kier alpha value is -3.87. The topological polar surface area (TPSA) is 74.2 Å². The van der Waals surface area contributed by atoms with Crippen molar-refractivity contribution in [3.8, 4) is 0 Å². The molecule has 0 bridgehead atoms. The molecule has 2 aromatic heterocycles. The highest BCUT2D eigenvalue weighted by Gasteiger charge is 2.47. The number of para-hydroxylation sites is 1. The van der Waals surface area contributed by atoms with Crippen LogP contribution in [-0.2, 0) is 22.6 Å². The van der Waals surface area contributed by atoms with E-state index >= 15 is 0 Å². The number of carbonyl (C=O) groups excluding carboxylic acids is 2. The van der Waals surface area contributed by atoms with Crippen molar-refractivity contribution in [1.82, 2.24) is 24.3 Å². The van der Waals surface area contributed by atoms with Crippen molar-refractivity contribution in [2.45, 2.75) is 31.5 Å². The largest absolute Gasteiger partial charge is 0.356 e. The first kappa shape index (κ1) is 19.8. The number of imidazole rings is 1. The number of fused-ring (bicyclic) bond motifs is 4. The van der Waals surface area contributed by atoms with Crippen molar-refractivity contribution >= 4 is 22.7 Å². The van der Waals surface area contributed by atoms with Crippen LogP contribution in [0.2, 0.25) is 0 Å². The standard InChI is InChI=1S/C26H25N5O2/c32-23-16-30(13-6-12-29-14-11-27-17-29)26(33)22-15-20-19-9-4-5-10-21(19)28-24(20)25(31(22)23)18-7-2-1-3-8-18/h1-5,7-11,14,17,22,25,28H,6,12-13,15-16H2/t22-,25?/m1/s1. The van der Waals surface area contributed by atoms with Gasteiger partial charge in [-0.2, -0.15) is 0 Å². The first-order chi connectivity index (χ1) is 16.2. The van der Waals surface area contributed by atoms with Crippen LogP contribution in [0, 0.1) is 0 Å². The van der Waals surface area contributed by atoms with Gasteiger partial charge in [0.15, 0.2) is 0 Å². The fraction of sp³-hybridized carbons (Fsp3) is 0.269. The monoisotopic (exact) mass is 439 g/mol. The lowest BCUT2D eigenvalue weighted by Gasteiger charge is -2.47. The summed E-state index contributed by atoms with van der Waals surface area (Å²) in [6, 6.07) is 17.4. The van der Waals surface area contributed by atoms with E-state index in [0.717, 1.165) is 40.7 Å². The van der Waals surface area contributed by atoms with Crippen LogP contribution in [0.1, 0.15) is 29.3 Å². The van der Waals surface area contributed by atoms with Crippen LogP contribution in [0.5, 0.6) is 0 Å². The summed E-state index contributed by atoms with van der Waals surface area (Å²) in [5, 5.41) is 1.13. The number of H-pyrrole nitrogens is 1. The third kappa shape index (κ3) is 3.31. The highest BCUT2D eigenvalue weighted by Crippen LogP contribution is 2.42. The lowest BCUT2D eigenvalue weighted by atomic mass is 9.86. The molecule has 2 amide bonds. The molecule has 7 heteroatoms. The highest BCUT2D eigenvalue weighted by molar-refractivity contribution is 5.97. The predicted octanol–water partition coefficient (Wildman–Crippen LogP) is 3.14. The molecule has 0 spiro atoms. The Morgan fingerprint density at radius 3 is 2.64 bits per heavy atom. The maximum atomic E-state index is 13.6. The van der Waals surface area contributed by atoms with E-state index in [2.05, 4.69) is 22.1 Å². The van der Waals surface area contributed by atoms with Crippen molar-refractivity contribution in [2.24, 2.45) is 0 Å². The molecule has 166 valence electrons. The van der Waals surface area contributed by atoms with Gasteiger partial charge in [-0.05, 0) is 23.6 Å². The van der Waals surface area contributed by atoms with Gasteiger partial charge in [0.2, 0.25) is 11.8 Å². The van der Waals surface area contributed by atoms with Gasteiger partial charge in [0.05, 0.1) is 18.9 Å². The average molecular weight is 440 g/mol. The Balaban J connectivity index is 1.36. The van der Waals surface area contributed by atoms with Crippen LogP contribution in [0.15, 0.2) is 73.3 Å². The number of aromatic amines is 1. The molecule has 4 heterocycles. The second-order valence-electron chi connectivity index (χ2n) is 8.81. The van der Waals surface area contributed by atoms with Crippen LogP contribution in [-0.4, -0.2) is 55.3 Å². The number of amides is 2. The summed E-state index contributed by atoms with van der Waals surface area (Å²) < 4.78 is 1.99. The third-order valence-corrected chi connectivity index (χ3v) is 6.86. The second-order valence-corrected chi connectivity index (χ2v) is 8.81. The van der Waals surface area contributed by atoms with Gasteiger partial charge in [-0.1, -0.05) is 48.5 Å². The average Bonchev–Trinajstić information content (AvgIpc) is 3.49. The van der Waals surface area contributed by atoms with Crippen LogP contribution < -0.4 is 0 Å². The summed E-state index contributed by atoms with van der Waals surface area (Å²) in [6.07, 6.45) is 6.75. The number of nitrogens with one attached hydrogen (secondary N) is 1. The molecule has 1 fully saturated rings. The summed E-state index contributed by atoms with van der Waals surface area (Å²) in [4.78, 5) is 38.3. The highest BCUT2D eigenvalue weighted by atomic mass is 16.2. The van der Waals surface area contributed by atoms with Gasteiger partial charge in [0, 0.05) is 48.5 Å². The number of nitrogens with zero attached hydrogens (tertiary/aromatic N) is 4. The SMILES string of the molecule is O=C1[C@H]2Cc3c([nH]c4ccccc34)C(c3ccccc3)N2C(=O)CN1CCCn1ccnc1. The van der Waals surface area contributed by atoms with Crippen molar-refractivity contribution in [1.29, 1.82) is 0 Å². The number of hydrogen-bond acceptors (Lipinski definition) is 3. The zero-order valence-electron chi connectivity index (χ0n) is 18.2. The minimum Gasteiger partial charge on any atom is -0.356 e. The molecule has 2 atom stereocenters. The lowest BCUT2D eigenvalue weighted by Crippen LogP contribution is -2.63. The molecule has 2 aliphatic heterocycles. The molecular formula is C26H25N5O2. The number of aryl methyl sites for hydroxylation is 1. The smallest absolute Gasteiger partial charge is 0.246 e. The quantitative estimate of drug-likeness (QED) is 0.519. The number of piperazine rings is 1. The van der Waals surface area contributed by atoms with E-state index < -0.39 is 6.04 Å². The first-order valence-corrected chi connectivity index (χ1v) is 11.4. The molecule has 2 aliphatic rings. The molecule has 0 saturated carbocycles. The van der Waals surface area contributed by atoms with Gasteiger partial charge in [-0.25, -0.2) is 4.98 Å². The zero-order chi connectivity index (χ0) is 22.4. The third-order valence-electron chi connectivity index (χ3n) is 6.86. The van der Waals surface area contributed by atoms with Gasteiger partial charge >= 0.3 is 0 Å². The molecule has 6 rings (SSSR count). The number of rotatable bonds is 5. The van der Waals surface area contributed by atoms with Crippen molar-refractivity contribution in [3.05, 3.63) is 90.1 Å². The Labute approximate surface area is 191 Å². The van der Waals surface area contributed by atoms with E-state index in [1.54, 1.807) is 17.4 Å². The van der Waals surface area contributed by atoms with Gasteiger partial charge < -0.3 is 19.4 Å². The molecule has 1 saturated heterocycles. The molecule has 0 radical (unpaired) electrons. The second kappa shape index (κ2) is 7.92. The number of benzene rings is 2. The van der Waals surface area contributed by atoms with E-state index in [-0.39, 0.29) is 24.4 Å². The summed E-state index contributed by atoms with van der Waals surface area (Å²) in [5.74, 6) is 0.0393. The fourth-order valence-corrected chi connectivity index (χ4v) is 5.36. The van der Waals surface area contributed by atoms with Gasteiger partial charge in [-0.15, -0.1) is 0 Å². The Morgan fingerprint density at radius 2 is 1.82 bits per heavy atom. The van der Waals surface area contributed by atoms with Gasteiger partial charge in [0.1, 0.15) is 6.04 Å². The van der Waals surface area contributed by atoms with Gasteiger partial charge in [-0.3, -0.25) is 9.59 Å². The van der Waals surface area contributed by atoms with Crippen LogP contribution in [0.4, 0.5) is 0 Å². The van der Waals surface area contributed by atoms with E-state index in [1.165, 1.54) is 0 Å². The Morgan fingerprint density at radius 1 is 1.00 bits per heavy atom. The van der Waals surface area contributed by atoms with Crippen molar-refractivity contribution in [3.63, 3.8) is 0 Å². The summed E-state index contributed by atoms with van der Waals surface area (Å²) in [7, 11) is 0. The van der Waals surface area contributed by atoms with Gasteiger partial charge in [0.25, 0.3) is 0 Å². The minimum atomic E-state index is -0.489. The van der Waals surface area contributed by atoms with E-state index in [0.29, 0.717) is 13.0 Å². The zero-order valence-corrected chi connectivity index (χ0v) is 18.2. The molecule has 4 aromatic rings. The van der Waals surface area contributed by atoms with E-state index in [4.69, 9.17) is 0 Å². The predicted molar refractivity (Wildman–Crippen MR) is 124 cm³/mol. The van der Waals surface area contributed by atoms with Crippen LogP contribution >= 0.6 is 0 Å². The van der Waals surface area contributed by atoms with Crippen molar-refractivity contribution < 1.29 is 9.59 Å². The van der Waals surface area contributed by atoms with Crippen molar-refractivity contribution in [2.75, 3.05) is 13.1 Å². The van der Waals surface area contributed by atoms with E-state index in [1.807, 2.05) is 58.1 Å². The number of aromatic nitrogens is 3. The molecule has 0 aliphatic carbocycles. The molecule has 33 heavy (non-hydrogen) atoms. The fourth-order valence-electron chi connectivity index (χ4n) is 5.36.